The van der Waals surface area contributed by atoms with Crippen molar-refractivity contribution in [3.05, 3.63) is 96.1 Å². The van der Waals surface area contributed by atoms with Crippen molar-refractivity contribution in [1.29, 1.82) is 0 Å². The number of urea groups is 1. The molecule has 1 aromatic heterocycles. The molecule has 0 aliphatic carbocycles. The van der Waals surface area contributed by atoms with E-state index in [-0.39, 0.29) is 11.9 Å². The van der Waals surface area contributed by atoms with E-state index in [2.05, 4.69) is 24.4 Å². The SMILES string of the molecule is CCCCc1ccc(NC(=O)N2CCN(C(=O)c3cc(-c4ccccc4)nc4ccccc34)CC2)cc1. The number of piperazine rings is 1. The summed E-state index contributed by atoms with van der Waals surface area (Å²) in [5.41, 5.74) is 5.27. The highest BCUT2D eigenvalue weighted by atomic mass is 16.2. The number of amides is 3. The van der Waals surface area contributed by atoms with Crippen LogP contribution in [0, 0.1) is 0 Å². The van der Waals surface area contributed by atoms with Gasteiger partial charge in [-0.25, -0.2) is 9.78 Å². The smallest absolute Gasteiger partial charge is 0.321 e. The second-order valence-corrected chi connectivity index (χ2v) is 9.45. The van der Waals surface area contributed by atoms with Gasteiger partial charge in [0.05, 0.1) is 16.8 Å². The largest absolute Gasteiger partial charge is 0.335 e. The van der Waals surface area contributed by atoms with Crippen molar-refractivity contribution in [2.45, 2.75) is 26.2 Å². The van der Waals surface area contributed by atoms with Gasteiger partial charge in [-0.15, -0.1) is 0 Å². The molecule has 0 atom stereocenters. The fourth-order valence-electron chi connectivity index (χ4n) is 4.73. The number of para-hydroxylation sites is 1. The lowest BCUT2D eigenvalue weighted by molar-refractivity contribution is 0.0673. The fraction of sp³-hybridized carbons (Fsp3) is 0.258. The van der Waals surface area contributed by atoms with Gasteiger partial charge in [0.2, 0.25) is 0 Å². The number of carbonyl (C=O) groups excluding carboxylic acids is 2. The molecule has 0 bridgehead atoms. The lowest BCUT2D eigenvalue weighted by Gasteiger charge is -2.35. The van der Waals surface area contributed by atoms with Crippen molar-refractivity contribution in [2.75, 3.05) is 31.5 Å². The highest BCUT2D eigenvalue weighted by molar-refractivity contribution is 6.07. The lowest BCUT2D eigenvalue weighted by Crippen LogP contribution is -2.51. The second-order valence-electron chi connectivity index (χ2n) is 9.45. The Kier molecular flexibility index (Phi) is 7.45. The Morgan fingerprint density at radius 2 is 1.51 bits per heavy atom. The Bertz CT molecular complexity index is 1380. The number of hydrogen-bond acceptors (Lipinski definition) is 3. The third kappa shape index (κ3) is 5.64. The summed E-state index contributed by atoms with van der Waals surface area (Å²) in [5.74, 6) is -0.0292. The molecular formula is C31H32N4O2. The first-order valence-corrected chi connectivity index (χ1v) is 13.0. The molecule has 0 spiro atoms. The number of aromatic nitrogens is 1. The van der Waals surface area contributed by atoms with Crippen molar-refractivity contribution in [1.82, 2.24) is 14.8 Å². The number of fused-ring (bicyclic) bond motifs is 1. The van der Waals surface area contributed by atoms with E-state index < -0.39 is 0 Å². The first-order chi connectivity index (χ1) is 18.1. The van der Waals surface area contributed by atoms with Gasteiger partial charge in [0, 0.05) is 42.8 Å². The van der Waals surface area contributed by atoms with E-state index in [0.29, 0.717) is 31.7 Å². The van der Waals surface area contributed by atoms with Crippen LogP contribution in [0.5, 0.6) is 0 Å². The molecule has 1 saturated heterocycles. The van der Waals surface area contributed by atoms with E-state index in [1.165, 1.54) is 12.0 Å². The minimum Gasteiger partial charge on any atom is -0.335 e. The molecule has 1 aliphatic rings. The summed E-state index contributed by atoms with van der Waals surface area (Å²) in [4.78, 5) is 34.9. The summed E-state index contributed by atoms with van der Waals surface area (Å²) < 4.78 is 0. The molecule has 2 heterocycles. The molecule has 37 heavy (non-hydrogen) atoms. The number of unbranched alkanes of at least 4 members (excludes halogenated alkanes) is 1. The van der Waals surface area contributed by atoms with E-state index in [1.807, 2.05) is 77.7 Å². The Hall–Kier alpha value is -4.19. The molecule has 0 radical (unpaired) electrons. The first kappa shape index (κ1) is 24.5. The highest BCUT2D eigenvalue weighted by Gasteiger charge is 2.26. The van der Waals surface area contributed by atoms with E-state index in [0.717, 1.165) is 40.7 Å². The van der Waals surface area contributed by atoms with Crippen LogP contribution in [-0.2, 0) is 6.42 Å². The van der Waals surface area contributed by atoms with Crippen LogP contribution in [-0.4, -0.2) is 52.9 Å². The van der Waals surface area contributed by atoms with E-state index >= 15 is 0 Å². The summed E-state index contributed by atoms with van der Waals surface area (Å²) in [5, 5.41) is 3.84. The number of hydrogen-bond donors (Lipinski definition) is 1. The lowest BCUT2D eigenvalue weighted by atomic mass is 10.0. The number of benzene rings is 3. The monoisotopic (exact) mass is 492 g/mol. The minimum absolute atomic E-state index is 0.0292. The number of nitrogens with one attached hydrogen (secondary N) is 1. The van der Waals surface area contributed by atoms with Gasteiger partial charge in [-0.1, -0.05) is 74.0 Å². The van der Waals surface area contributed by atoms with Gasteiger partial charge < -0.3 is 15.1 Å². The minimum atomic E-state index is -0.130. The van der Waals surface area contributed by atoms with Gasteiger partial charge in [0.1, 0.15) is 0 Å². The number of carbonyl (C=O) groups is 2. The van der Waals surface area contributed by atoms with Crippen molar-refractivity contribution in [2.24, 2.45) is 0 Å². The number of aryl methyl sites for hydroxylation is 1. The van der Waals surface area contributed by atoms with E-state index in [4.69, 9.17) is 4.98 Å². The van der Waals surface area contributed by atoms with Crippen molar-refractivity contribution >= 4 is 28.5 Å². The number of anilines is 1. The van der Waals surface area contributed by atoms with Crippen LogP contribution in [0.4, 0.5) is 10.5 Å². The summed E-state index contributed by atoms with van der Waals surface area (Å²) in [6.45, 7) is 4.13. The Morgan fingerprint density at radius 1 is 0.838 bits per heavy atom. The average Bonchev–Trinajstić information content (AvgIpc) is 2.96. The van der Waals surface area contributed by atoms with Gasteiger partial charge >= 0.3 is 6.03 Å². The number of rotatable bonds is 6. The van der Waals surface area contributed by atoms with Crippen LogP contribution >= 0.6 is 0 Å². The maximum Gasteiger partial charge on any atom is 0.321 e. The summed E-state index contributed by atoms with van der Waals surface area (Å²) in [6.07, 6.45) is 3.39. The molecule has 1 N–H and O–H groups in total. The summed E-state index contributed by atoms with van der Waals surface area (Å²) >= 11 is 0. The van der Waals surface area contributed by atoms with Crippen LogP contribution in [0.3, 0.4) is 0 Å². The van der Waals surface area contributed by atoms with E-state index in [1.54, 1.807) is 4.90 Å². The molecular weight excluding hydrogens is 460 g/mol. The zero-order valence-electron chi connectivity index (χ0n) is 21.2. The van der Waals surface area contributed by atoms with E-state index in [9.17, 15) is 9.59 Å². The van der Waals surface area contributed by atoms with Crippen LogP contribution in [0.15, 0.2) is 84.9 Å². The van der Waals surface area contributed by atoms with Crippen LogP contribution in [0.2, 0.25) is 0 Å². The maximum atomic E-state index is 13.7. The summed E-state index contributed by atoms with van der Waals surface area (Å²) in [6, 6.07) is 27.5. The third-order valence-corrected chi connectivity index (χ3v) is 6.89. The molecule has 6 nitrogen and oxygen atoms in total. The van der Waals surface area contributed by atoms with Crippen molar-refractivity contribution in [3.8, 4) is 11.3 Å². The predicted octanol–water partition coefficient (Wildman–Crippen LogP) is 6.23. The Labute approximate surface area is 217 Å². The standard InChI is InChI=1S/C31H32N4O2/c1-2-3-9-23-14-16-25(17-15-23)32-31(37)35-20-18-34(19-21-35)30(36)27-22-29(24-10-5-4-6-11-24)33-28-13-8-7-12-26(27)28/h4-8,10-17,22H,2-3,9,18-21H2,1H3,(H,32,37). The predicted molar refractivity (Wildman–Crippen MR) is 149 cm³/mol. The summed E-state index contributed by atoms with van der Waals surface area (Å²) in [7, 11) is 0. The molecule has 6 heteroatoms. The molecule has 5 rings (SSSR count). The van der Waals surface area contributed by atoms with Gasteiger partial charge in [-0.2, -0.15) is 0 Å². The normalized spacial score (nSPS) is 13.5. The quantitative estimate of drug-likeness (QED) is 0.347. The molecule has 4 aromatic rings. The molecule has 0 saturated carbocycles. The van der Waals surface area contributed by atoms with Crippen molar-refractivity contribution in [3.63, 3.8) is 0 Å². The van der Waals surface area contributed by atoms with Gasteiger partial charge in [-0.05, 0) is 42.7 Å². The fourth-order valence-corrected chi connectivity index (χ4v) is 4.73. The van der Waals surface area contributed by atoms with Gasteiger partial charge in [-0.3, -0.25) is 4.79 Å². The molecule has 1 fully saturated rings. The van der Waals surface area contributed by atoms with Gasteiger partial charge in [0.25, 0.3) is 5.91 Å². The number of nitrogens with zero attached hydrogens (tertiary/aromatic N) is 3. The zero-order chi connectivity index (χ0) is 25.6. The molecule has 3 aromatic carbocycles. The molecule has 1 aliphatic heterocycles. The van der Waals surface area contributed by atoms with Crippen LogP contribution < -0.4 is 5.32 Å². The van der Waals surface area contributed by atoms with Crippen LogP contribution in [0.25, 0.3) is 22.2 Å². The first-order valence-electron chi connectivity index (χ1n) is 13.0. The average molecular weight is 493 g/mol. The van der Waals surface area contributed by atoms with Gasteiger partial charge in [0.15, 0.2) is 0 Å². The zero-order valence-corrected chi connectivity index (χ0v) is 21.2. The maximum absolute atomic E-state index is 13.7. The highest BCUT2D eigenvalue weighted by Crippen LogP contribution is 2.26. The van der Waals surface area contributed by atoms with Crippen LogP contribution in [0.1, 0.15) is 35.7 Å². The second kappa shape index (κ2) is 11.2. The Morgan fingerprint density at radius 3 is 2.24 bits per heavy atom. The Balaban J connectivity index is 1.26. The molecule has 0 unspecified atom stereocenters. The van der Waals surface area contributed by atoms with Crippen molar-refractivity contribution < 1.29 is 9.59 Å². The third-order valence-electron chi connectivity index (χ3n) is 6.89. The molecule has 3 amide bonds. The molecule has 188 valence electrons. The number of pyridine rings is 1. The topological polar surface area (TPSA) is 65.5 Å².